The molecule has 178 valence electrons. The number of fused-ring (bicyclic) bond motifs is 6. The van der Waals surface area contributed by atoms with Crippen LogP contribution < -0.4 is 0 Å². The van der Waals surface area contributed by atoms with Gasteiger partial charge in [-0.1, -0.05) is 74.5 Å². The van der Waals surface area contributed by atoms with Gasteiger partial charge in [0, 0.05) is 28.0 Å². The molecule has 0 spiro atoms. The van der Waals surface area contributed by atoms with Gasteiger partial charge >= 0.3 is 0 Å². The second-order valence-corrected chi connectivity index (χ2v) is 9.80. The number of benzene rings is 5. The van der Waals surface area contributed by atoms with Crippen LogP contribution in [0.3, 0.4) is 0 Å². The van der Waals surface area contributed by atoms with E-state index in [1.54, 1.807) is 18.3 Å². The number of hydrogen-bond acceptors (Lipinski definition) is 2. The van der Waals surface area contributed by atoms with Gasteiger partial charge in [-0.05, 0) is 92.9 Å². The van der Waals surface area contributed by atoms with Crippen molar-refractivity contribution >= 4 is 43.5 Å². The van der Waals surface area contributed by atoms with E-state index in [0.29, 0.717) is 27.8 Å². The largest absolute Gasteiger partial charge is 0.455 e. The topological polar surface area (TPSA) is 26.0 Å². The molecule has 0 bridgehead atoms. The predicted molar refractivity (Wildman–Crippen MR) is 156 cm³/mol. The molecule has 0 fully saturated rings. The van der Waals surface area contributed by atoms with Crippen molar-refractivity contribution in [1.82, 2.24) is 4.98 Å². The second-order valence-electron chi connectivity index (χ2n) is 9.80. The highest BCUT2D eigenvalue weighted by Gasteiger charge is 2.18. The predicted octanol–water partition coefficient (Wildman–Crippen LogP) is 10.1. The van der Waals surface area contributed by atoms with E-state index in [0.717, 1.165) is 43.6 Å². The number of rotatable bonds is 3. The van der Waals surface area contributed by atoms with Crippen LogP contribution in [0.25, 0.3) is 65.9 Å². The lowest BCUT2D eigenvalue weighted by Gasteiger charge is -2.11. The van der Waals surface area contributed by atoms with Crippen molar-refractivity contribution in [2.24, 2.45) is 0 Å². The molecule has 0 radical (unpaired) electrons. The molecule has 0 aliphatic carbocycles. The van der Waals surface area contributed by atoms with Gasteiger partial charge < -0.3 is 4.42 Å². The molecular weight excluding hydrogens is 450 g/mol. The minimum absolute atomic E-state index is 0.245. The lowest BCUT2D eigenvalue weighted by Crippen LogP contribution is -1.91. The summed E-state index contributed by atoms with van der Waals surface area (Å²) in [5.74, 6) is -0.810. The summed E-state index contributed by atoms with van der Waals surface area (Å²) >= 11 is 0. The van der Waals surface area contributed by atoms with Crippen LogP contribution in [0.2, 0.25) is 0 Å². The van der Waals surface area contributed by atoms with Gasteiger partial charge in [0.05, 0.1) is 5.69 Å². The average Bonchev–Trinajstić information content (AvgIpc) is 3.33. The summed E-state index contributed by atoms with van der Waals surface area (Å²) < 4.78 is 40.1. The minimum atomic E-state index is -2.34. The van der Waals surface area contributed by atoms with Crippen molar-refractivity contribution in [1.29, 1.82) is 0 Å². The maximum absolute atomic E-state index is 8.51. The summed E-state index contributed by atoms with van der Waals surface area (Å²) in [5, 5.41) is 5.61. The maximum Gasteiger partial charge on any atom is 0.145 e. The van der Waals surface area contributed by atoms with Crippen molar-refractivity contribution in [3.63, 3.8) is 0 Å². The Labute approximate surface area is 221 Å². The summed E-state index contributed by atoms with van der Waals surface area (Å²) in [6.07, 6.45) is 1.69. The highest BCUT2D eigenvalue weighted by atomic mass is 16.3. The van der Waals surface area contributed by atoms with Gasteiger partial charge in [-0.15, -0.1) is 0 Å². The molecule has 0 aliphatic rings. The van der Waals surface area contributed by atoms with E-state index in [2.05, 4.69) is 41.4 Å². The van der Waals surface area contributed by atoms with Gasteiger partial charge in [-0.2, -0.15) is 0 Å². The number of pyridine rings is 1. The van der Waals surface area contributed by atoms with Crippen LogP contribution in [0, 0.1) is 6.85 Å². The number of aryl methyl sites for hydroxylation is 1. The van der Waals surface area contributed by atoms with E-state index >= 15 is 0 Å². The highest BCUT2D eigenvalue weighted by Crippen LogP contribution is 2.42. The third kappa shape index (κ3) is 3.44. The fourth-order valence-corrected chi connectivity index (χ4v) is 5.42. The molecule has 5 aromatic carbocycles. The summed E-state index contributed by atoms with van der Waals surface area (Å²) in [5.41, 5.74) is 5.70. The van der Waals surface area contributed by atoms with Crippen molar-refractivity contribution in [2.45, 2.75) is 26.6 Å². The van der Waals surface area contributed by atoms with Gasteiger partial charge in [-0.3, -0.25) is 4.98 Å². The quantitative estimate of drug-likeness (QED) is 0.235. The summed E-state index contributed by atoms with van der Waals surface area (Å²) in [6, 6.07) is 32.1. The molecule has 2 nitrogen and oxygen atoms in total. The van der Waals surface area contributed by atoms with Crippen LogP contribution in [-0.2, 0) is 0 Å². The van der Waals surface area contributed by atoms with Crippen LogP contribution in [0.1, 0.15) is 36.4 Å². The molecule has 7 aromatic rings. The van der Waals surface area contributed by atoms with Crippen LogP contribution in [0.15, 0.2) is 108 Å². The van der Waals surface area contributed by atoms with Gasteiger partial charge in [-0.25, -0.2) is 0 Å². The zero-order valence-corrected chi connectivity index (χ0v) is 20.7. The molecule has 0 saturated carbocycles. The number of furan rings is 1. The highest BCUT2D eigenvalue weighted by molar-refractivity contribution is 6.21. The Hall–Kier alpha value is -4.43. The molecule has 7 rings (SSSR count). The molecule has 0 aliphatic heterocycles. The van der Waals surface area contributed by atoms with Crippen LogP contribution in [0.4, 0.5) is 0 Å². The fraction of sp³-hybridized carbons (Fsp3) is 0.114. The summed E-state index contributed by atoms with van der Waals surface area (Å²) in [6.45, 7) is 1.33. The van der Waals surface area contributed by atoms with Crippen molar-refractivity contribution in [2.75, 3.05) is 0 Å². The smallest absolute Gasteiger partial charge is 0.145 e. The Kier molecular flexibility index (Phi) is 4.03. The second kappa shape index (κ2) is 8.31. The molecule has 0 unspecified atom stereocenters. The van der Waals surface area contributed by atoms with E-state index in [1.165, 1.54) is 0 Å². The van der Waals surface area contributed by atoms with Crippen LogP contribution >= 0.6 is 0 Å². The fourth-order valence-electron chi connectivity index (χ4n) is 5.42. The first-order chi connectivity index (χ1) is 19.6. The van der Waals surface area contributed by atoms with Gasteiger partial charge in [0.25, 0.3) is 0 Å². The molecule has 0 N–H and O–H groups in total. The average molecular weight is 482 g/mol. The van der Waals surface area contributed by atoms with Gasteiger partial charge in [0.15, 0.2) is 0 Å². The van der Waals surface area contributed by atoms with E-state index in [1.807, 2.05) is 62.4 Å². The Bertz CT molecular complexity index is 2120. The van der Waals surface area contributed by atoms with Gasteiger partial charge in [0.1, 0.15) is 11.2 Å². The lowest BCUT2D eigenvalue weighted by molar-refractivity contribution is 0.670. The third-order valence-electron chi connectivity index (χ3n) is 7.30. The first kappa shape index (κ1) is 17.9. The van der Waals surface area contributed by atoms with E-state index < -0.39 is 12.7 Å². The third-order valence-corrected chi connectivity index (χ3v) is 7.30. The zero-order chi connectivity index (χ0) is 28.5. The summed E-state index contributed by atoms with van der Waals surface area (Å²) in [7, 11) is 0. The minimum Gasteiger partial charge on any atom is -0.455 e. The lowest BCUT2D eigenvalue weighted by atomic mass is 9.92. The number of aromatic nitrogens is 1. The Balaban J connectivity index is 1.62. The standard InChI is InChI=1S/C35H27NO/c1-21(2)24-15-16-36-32(18-24)27-14-13-22(3)34-31-19-29-26-12-8-7-11-25(26)17-28(23-9-5-4-6-10-23)30(29)20-33(31)37-35(27)34/h4-21H,1-3H3/i3D3,21D. The normalized spacial score (nSPS) is 14.1. The van der Waals surface area contributed by atoms with Crippen LogP contribution in [0.5, 0.6) is 0 Å². The van der Waals surface area contributed by atoms with Crippen LogP contribution in [-0.4, -0.2) is 4.98 Å². The number of hydrogen-bond donors (Lipinski definition) is 0. The Morgan fingerprint density at radius 3 is 2.43 bits per heavy atom. The molecule has 2 heteroatoms. The van der Waals surface area contributed by atoms with Gasteiger partial charge in [0.2, 0.25) is 0 Å². The van der Waals surface area contributed by atoms with E-state index in [4.69, 9.17) is 9.90 Å². The Morgan fingerprint density at radius 2 is 1.59 bits per heavy atom. The van der Waals surface area contributed by atoms with E-state index in [-0.39, 0.29) is 5.56 Å². The molecule has 37 heavy (non-hydrogen) atoms. The molecule has 2 heterocycles. The zero-order valence-electron chi connectivity index (χ0n) is 24.7. The van der Waals surface area contributed by atoms with E-state index in [9.17, 15) is 0 Å². The Morgan fingerprint density at radius 1 is 0.757 bits per heavy atom. The van der Waals surface area contributed by atoms with Crippen molar-refractivity contribution < 1.29 is 9.90 Å². The van der Waals surface area contributed by atoms with Crippen molar-refractivity contribution in [3.05, 3.63) is 114 Å². The first-order valence-corrected chi connectivity index (χ1v) is 12.5. The first-order valence-electron chi connectivity index (χ1n) is 14.5. The molecule has 0 amide bonds. The number of nitrogens with zero attached hydrogens (tertiary/aromatic N) is 1. The maximum atomic E-state index is 8.51. The molecule has 0 saturated heterocycles. The molecule has 2 aromatic heterocycles. The SMILES string of the molecule is [2H]C([2H])([2H])c1ccc(-c2cc(C([2H])(C)C)ccn2)c2oc3cc4c(-c5ccccc5)cc5ccccc5c4cc3c12. The molecular formula is C35H27NO. The monoisotopic (exact) mass is 481 g/mol. The summed E-state index contributed by atoms with van der Waals surface area (Å²) in [4.78, 5) is 4.60. The molecule has 0 atom stereocenters. The van der Waals surface area contributed by atoms with Crippen molar-refractivity contribution in [3.8, 4) is 22.4 Å².